The second kappa shape index (κ2) is 7.72. The van der Waals surface area contributed by atoms with Gasteiger partial charge in [-0.3, -0.25) is 14.6 Å². The summed E-state index contributed by atoms with van der Waals surface area (Å²) in [5.41, 5.74) is 0.374. The van der Waals surface area contributed by atoms with Crippen LogP contribution >= 0.6 is 0 Å². The highest BCUT2D eigenvalue weighted by Gasteiger charge is 2.37. The number of carbonyl (C=O) groups excluding carboxylic acids is 2. The van der Waals surface area contributed by atoms with E-state index in [1.807, 2.05) is 20.8 Å². The molecule has 2 amide bonds. The van der Waals surface area contributed by atoms with Gasteiger partial charge in [0, 0.05) is 30.9 Å². The van der Waals surface area contributed by atoms with Crippen LogP contribution in [0.25, 0.3) is 0 Å². The number of nitrogens with one attached hydrogen (secondary N) is 2. The minimum Gasteiger partial charge on any atom is -0.388 e. The van der Waals surface area contributed by atoms with Crippen LogP contribution in [0.5, 0.6) is 0 Å². The number of aliphatic hydroxyl groups excluding tert-OH is 1. The maximum atomic E-state index is 12.0. The first kappa shape index (κ1) is 18.4. The van der Waals surface area contributed by atoms with E-state index in [1.54, 1.807) is 12.1 Å². The summed E-state index contributed by atoms with van der Waals surface area (Å²) < 4.78 is 5.50. The minimum atomic E-state index is -0.855. The van der Waals surface area contributed by atoms with Crippen LogP contribution in [0.4, 0.5) is 0 Å². The Hall–Kier alpha value is -1.99. The molecule has 3 atom stereocenters. The molecule has 1 aliphatic heterocycles. The molecular weight excluding hydrogens is 310 g/mol. The third-order valence-corrected chi connectivity index (χ3v) is 3.73. The molecule has 7 heteroatoms. The van der Waals surface area contributed by atoms with Crippen molar-refractivity contribution in [1.82, 2.24) is 15.6 Å². The van der Waals surface area contributed by atoms with Gasteiger partial charge in [0.05, 0.1) is 12.6 Å². The monoisotopic (exact) mass is 335 g/mol. The molecule has 2 heterocycles. The summed E-state index contributed by atoms with van der Waals surface area (Å²) in [6, 6.07) is 2.76. The van der Waals surface area contributed by atoms with E-state index in [1.165, 1.54) is 12.4 Å². The summed E-state index contributed by atoms with van der Waals surface area (Å²) in [7, 11) is 0. The smallest absolute Gasteiger partial charge is 0.251 e. The molecule has 1 aliphatic rings. The molecule has 1 fully saturated rings. The van der Waals surface area contributed by atoms with Gasteiger partial charge >= 0.3 is 0 Å². The maximum absolute atomic E-state index is 12.0. The lowest BCUT2D eigenvalue weighted by molar-refractivity contribution is -0.124. The second-order valence-electron chi connectivity index (χ2n) is 7.22. The SMILES string of the molecule is CC(C)(C)CC(=O)N[C@@H]1CO[C@H](CNC(=O)c2ccncc2)[C@H]1O. The number of aliphatic hydroxyl groups is 1. The lowest BCUT2D eigenvalue weighted by atomic mass is 9.92. The van der Waals surface area contributed by atoms with Crippen molar-refractivity contribution in [2.45, 2.75) is 45.4 Å². The van der Waals surface area contributed by atoms with Crippen molar-refractivity contribution in [1.29, 1.82) is 0 Å². The molecule has 0 unspecified atom stereocenters. The maximum Gasteiger partial charge on any atom is 0.251 e. The average molecular weight is 335 g/mol. The molecule has 1 aromatic heterocycles. The first-order valence-corrected chi connectivity index (χ1v) is 8.03. The third kappa shape index (κ3) is 5.28. The number of hydrogen-bond acceptors (Lipinski definition) is 5. The Morgan fingerprint density at radius 1 is 1.33 bits per heavy atom. The van der Waals surface area contributed by atoms with E-state index in [4.69, 9.17) is 4.74 Å². The summed E-state index contributed by atoms with van der Waals surface area (Å²) in [4.78, 5) is 27.8. The van der Waals surface area contributed by atoms with E-state index in [9.17, 15) is 14.7 Å². The summed E-state index contributed by atoms with van der Waals surface area (Å²) in [6.45, 7) is 6.34. The second-order valence-corrected chi connectivity index (χ2v) is 7.22. The molecular formula is C17H25N3O4. The summed E-state index contributed by atoms with van der Waals surface area (Å²) in [5, 5.41) is 15.8. The fraction of sp³-hybridized carbons (Fsp3) is 0.588. The van der Waals surface area contributed by atoms with E-state index in [-0.39, 0.29) is 30.4 Å². The first-order valence-electron chi connectivity index (χ1n) is 8.03. The zero-order valence-corrected chi connectivity index (χ0v) is 14.3. The number of ether oxygens (including phenoxy) is 1. The average Bonchev–Trinajstić information content (AvgIpc) is 2.84. The largest absolute Gasteiger partial charge is 0.388 e. The number of rotatable bonds is 5. The Morgan fingerprint density at radius 3 is 2.62 bits per heavy atom. The normalized spacial score (nSPS) is 23.8. The Labute approximate surface area is 141 Å². The molecule has 0 aromatic carbocycles. The van der Waals surface area contributed by atoms with E-state index in [2.05, 4.69) is 15.6 Å². The lowest BCUT2D eigenvalue weighted by Crippen LogP contribution is -2.47. The van der Waals surface area contributed by atoms with Gasteiger partial charge in [-0.15, -0.1) is 0 Å². The number of pyridine rings is 1. The molecule has 1 saturated heterocycles. The van der Waals surface area contributed by atoms with Crippen LogP contribution in [0.15, 0.2) is 24.5 Å². The lowest BCUT2D eigenvalue weighted by Gasteiger charge is -2.22. The van der Waals surface area contributed by atoms with Gasteiger partial charge in [0.1, 0.15) is 12.2 Å². The number of amides is 2. The van der Waals surface area contributed by atoms with Crippen molar-refractivity contribution < 1.29 is 19.4 Å². The van der Waals surface area contributed by atoms with Crippen molar-refractivity contribution in [3.8, 4) is 0 Å². The van der Waals surface area contributed by atoms with E-state index in [0.717, 1.165) is 0 Å². The molecule has 0 aliphatic carbocycles. The van der Waals surface area contributed by atoms with Gasteiger partial charge in [-0.25, -0.2) is 0 Å². The number of carbonyl (C=O) groups is 2. The van der Waals surface area contributed by atoms with E-state index >= 15 is 0 Å². The van der Waals surface area contributed by atoms with Crippen LogP contribution in [-0.2, 0) is 9.53 Å². The summed E-state index contributed by atoms with van der Waals surface area (Å²) >= 11 is 0. The molecule has 0 spiro atoms. The zero-order chi connectivity index (χ0) is 17.7. The Bertz CT molecular complexity index is 571. The van der Waals surface area contributed by atoms with Crippen LogP contribution in [0.3, 0.4) is 0 Å². The fourth-order valence-electron chi connectivity index (χ4n) is 2.53. The van der Waals surface area contributed by atoms with Gasteiger partial charge < -0.3 is 20.5 Å². The van der Waals surface area contributed by atoms with Crippen LogP contribution < -0.4 is 10.6 Å². The first-order chi connectivity index (χ1) is 11.3. The Balaban J connectivity index is 1.80. The van der Waals surface area contributed by atoms with Crippen molar-refractivity contribution >= 4 is 11.8 Å². The topological polar surface area (TPSA) is 101 Å². The van der Waals surface area contributed by atoms with Gasteiger partial charge in [-0.1, -0.05) is 20.8 Å². The van der Waals surface area contributed by atoms with Gasteiger partial charge in [0.15, 0.2) is 0 Å². The Morgan fingerprint density at radius 2 is 2.00 bits per heavy atom. The number of aromatic nitrogens is 1. The Kier molecular flexibility index (Phi) is 5.90. The van der Waals surface area contributed by atoms with Crippen LogP contribution in [-0.4, -0.2) is 53.3 Å². The minimum absolute atomic E-state index is 0.114. The molecule has 132 valence electrons. The predicted molar refractivity (Wildman–Crippen MR) is 88.3 cm³/mol. The molecule has 3 N–H and O–H groups in total. The molecule has 2 rings (SSSR count). The van der Waals surface area contributed by atoms with Gasteiger partial charge in [0.25, 0.3) is 5.91 Å². The third-order valence-electron chi connectivity index (χ3n) is 3.73. The number of nitrogens with zero attached hydrogens (tertiary/aromatic N) is 1. The van der Waals surface area contributed by atoms with E-state index < -0.39 is 18.2 Å². The standard InChI is InChI=1S/C17H25N3O4/c1-17(2,3)8-14(21)20-12-10-24-13(15(12)22)9-19-16(23)11-4-6-18-7-5-11/h4-7,12-13,15,22H,8-10H2,1-3H3,(H,19,23)(H,20,21)/t12-,13-,15+/m1/s1. The van der Waals surface area contributed by atoms with Crippen molar-refractivity contribution in [2.24, 2.45) is 5.41 Å². The zero-order valence-electron chi connectivity index (χ0n) is 14.3. The van der Waals surface area contributed by atoms with Gasteiger partial charge in [-0.2, -0.15) is 0 Å². The molecule has 0 saturated carbocycles. The van der Waals surface area contributed by atoms with Gasteiger partial charge in [0.2, 0.25) is 5.91 Å². The quantitative estimate of drug-likeness (QED) is 0.727. The molecule has 1 aromatic rings. The molecule has 24 heavy (non-hydrogen) atoms. The molecule has 0 radical (unpaired) electrons. The van der Waals surface area contributed by atoms with Gasteiger partial charge in [-0.05, 0) is 17.5 Å². The van der Waals surface area contributed by atoms with Crippen LogP contribution in [0, 0.1) is 5.41 Å². The number of hydrogen-bond donors (Lipinski definition) is 3. The highest BCUT2D eigenvalue weighted by Crippen LogP contribution is 2.19. The highest BCUT2D eigenvalue weighted by atomic mass is 16.5. The van der Waals surface area contributed by atoms with Crippen molar-refractivity contribution in [3.05, 3.63) is 30.1 Å². The van der Waals surface area contributed by atoms with Crippen molar-refractivity contribution in [2.75, 3.05) is 13.2 Å². The molecule has 0 bridgehead atoms. The van der Waals surface area contributed by atoms with E-state index in [0.29, 0.717) is 12.0 Å². The fourth-order valence-corrected chi connectivity index (χ4v) is 2.53. The van der Waals surface area contributed by atoms with Crippen LogP contribution in [0.1, 0.15) is 37.6 Å². The predicted octanol–water partition coefficient (Wildman–Crippen LogP) is 0.492. The van der Waals surface area contributed by atoms with Crippen LogP contribution in [0.2, 0.25) is 0 Å². The summed E-state index contributed by atoms with van der Waals surface area (Å²) in [5.74, 6) is -0.370. The summed E-state index contributed by atoms with van der Waals surface area (Å²) in [6.07, 6.45) is 2.05. The molecule has 7 nitrogen and oxygen atoms in total. The highest BCUT2D eigenvalue weighted by molar-refractivity contribution is 5.93. The van der Waals surface area contributed by atoms with Crippen molar-refractivity contribution in [3.63, 3.8) is 0 Å².